The van der Waals surface area contributed by atoms with Crippen LogP contribution in [0.5, 0.6) is 0 Å². The third-order valence-electron chi connectivity index (χ3n) is 6.34. The molecule has 0 saturated carbocycles. The molecule has 0 radical (unpaired) electrons. The van der Waals surface area contributed by atoms with Crippen LogP contribution >= 0.6 is 0 Å². The SMILES string of the molecule is CC[C@@H](C(=O)NC)N(Cc1cccc(C)c1)C(=O)CN(c1ccccc1C)S(=O)(=O)c1ccc(C)cc1. The van der Waals surface area contributed by atoms with Gasteiger partial charge >= 0.3 is 0 Å². The van der Waals surface area contributed by atoms with Crippen molar-refractivity contribution in [2.24, 2.45) is 0 Å². The molecule has 0 spiro atoms. The Kier molecular flexibility index (Phi) is 9.10. The minimum absolute atomic E-state index is 0.0951. The van der Waals surface area contributed by atoms with Crippen molar-refractivity contribution in [3.63, 3.8) is 0 Å². The monoisotopic (exact) mass is 521 g/mol. The van der Waals surface area contributed by atoms with Gasteiger partial charge in [0.2, 0.25) is 11.8 Å². The topological polar surface area (TPSA) is 86.8 Å². The summed E-state index contributed by atoms with van der Waals surface area (Å²) in [6.45, 7) is 7.21. The van der Waals surface area contributed by atoms with Crippen LogP contribution in [0.1, 0.15) is 35.6 Å². The number of carbonyl (C=O) groups excluding carboxylic acids is 2. The second-order valence-electron chi connectivity index (χ2n) is 9.16. The van der Waals surface area contributed by atoms with Gasteiger partial charge in [-0.05, 0) is 56.5 Å². The van der Waals surface area contributed by atoms with Crippen molar-refractivity contribution in [2.45, 2.75) is 51.6 Å². The molecule has 1 N–H and O–H groups in total. The number of hydrogen-bond acceptors (Lipinski definition) is 4. The van der Waals surface area contributed by atoms with Crippen molar-refractivity contribution < 1.29 is 18.0 Å². The Balaban J connectivity index is 2.07. The third-order valence-corrected chi connectivity index (χ3v) is 8.11. The Labute approximate surface area is 220 Å². The van der Waals surface area contributed by atoms with Crippen LogP contribution in [0.3, 0.4) is 0 Å². The fourth-order valence-corrected chi connectivity index (χ4v) is 5.77. The molecule has 196 valence electrons. The summed E-state index contributed by atoms with van der Waals surface area (Å²) >= 11 is 0. The largest absolute Gasteiger partial charge is 0.357 e. The molecule has 1 atom stereocenters. The number of carbonyl (C=O) groups is 2. The molecule has 0 aliphatic heterocycles. The van der Waals surface area contributed by atoms with Crippen molar-refractivity contribution in [2.75, 3.05) is 17.9 Å². The fourth-order valence-electron chi connectivity index (χ4n) is 4.29. The predicted molar refractivity (Wildman–Crippen MR) is 147 cm³/mol. The first kappa shape index (κ1) is 27.9. The van der Waals surface area contributed by atoms with Crippen LogP contribution in [0, 0.1) is 20.8 Å². The molecule has 0 saturated heterocycles. The number of benzene rings is 3. The molecule has 2 amide bonds. The van der Waals surface area contributed by atoms with Crippen molar-refractivity contribution in [1.82, 2.24) is 10.2 Å². The van der Waals surface area contributed by atoms with Gasteiger partial charge in [-0.2, -0.15) is 0 Å². The molecular formula is C29H35N3O4S. The Morgan fingerprint density at radius 2 is 1.57 bits per heavy atom. The number of hydrogen-bond donors (Lipinski definition) is 1. The van der Waals surface area contributed by atoms with Crippen LogP contribution in [0.15, 0.2) is 77.7 Å². The number of likely N-dealkylation sites (N-methyl/N-ethyl adjacent to an activating group) is 1. The summed E-state index contributed by atoms with van der Waals surface area (Å²) in [5.41, 5.74) is 3.95. The molecule has 0 aliphatic carbocycles. The van der Waals surface area contributed by atoms with Gasteiger partial charge in [-0.1, -0.05) is 72.6 Å². The van der Waals surface area contributed by atoms with Crippen LogP contribution in [0.4, 0.5) is 5.69 Å². The van der Waals surface area contributed by atoms with Crippen LogP contribution < -0.4 is 9.62 Å². The molecule has 0 unspecified atom stereocenters. The van der Waals surface area contributed by atoms with E-state index in [1.165, 1.54) is 11.9 Å². The zero-order valence-corrected chi connectivity index (χ0v) is 22.9. The van der Waals surface area contributed by atoms with Gasteiger partial charge in [-0.25, -0.2) is 8.42 Å². The molecule has 0 fully saturated rings. The summed E-state index contributed by atoms with van der Waals surface area (Å²) in [6.07, 6.45) is 0.381. The predicted octanol–water partition coefficient (Wildman–Crippen LogP) is 4.36. The van der Waals surface area contributed by atoms with E-state index in [4.69, 9.17) is 0 Å². The van der Waals surface area contributed by atoms with Gasteiger partial charge in [0.25, 0.3) is 10.0 Å². The normalized spacial score (nSPS) is 12.0. The van der Waals surface area contributed by atoms with E-state index >= 15 is 0 Å². The number of aryl methyl sites for hydroxylation is 3. The highest BCUT2D eigenvalue weighted by Crippen LogP contribution is 2.27. The lowest BCUT2D eigenvalue weighted by atomic mass is 10.1. The molecule has 7 nitrogen and oxygen atoms in total. The number of para-hydroxylation sites is 1. The molecule has 8 heteroatoms. The molecule has 3 aromatic carbocycles. The minimum Gasteiger partial charge on any atom is -0.357 e. The third kappa shape index (κ3) is 6.57. The van der Waals surface area contributed by atoms with Gasteiger partial charge in [-0.3, -0.25) is 13.9 Å². The Morgan fingerprint density at radius 3 is 2.16 bits per heavy atom. The maximum Gasteiger partial charge on any atom is 0.264 e. The molecule has 0 heterocycles. The van der Waals surface area contributed by atoms with E-state index in [-0.39, 0.29) is 17.3 Å². The zero-order valence-electron chi connectivity index (χ0n) is 22.1. The number of sulfonamides is 1. The molecular weight excluding hydrogens is 486 g/mol. The second-order valence-corrected chi connectivity index (χ2v) is 11.0. The maximum absolute atomic E-state index is 13.9. The standard InChI is InChI=1S/C29H35N3O4S/c1-6-26(29(34)30-5)31(19-24-12-9-10-22(3)18-24)28(33)20-32(27-13-8-7-11-23(27)4)37(35,36)25-16-14-21(2)15-17-25/h7-18,26H,6,19-20H2,1-5H3,(H,30,34)/t26-/m0/s1. The van der Waals surface area contributed by atoms with Crippen LogP contribution in [-0.2, 0) is 26.2 Å². The molecule has 0 aromatic heterocycles. The van der Waals surface area contributed by atoms with Gasteiger partial charge in [0, 0.05) is 13.6 Å². The lowest BCUT2D eigenvalue weighted by molar-refractivity contribution is -0.140. The lowest BCUT2D eigenvalue weighted by Gasteiger charge is -2.33. The minimum atomic E-state index is -4.07. The van der Waals surface area contributed by atoms with Gasteiger partial charge in [0.15, 0.2) is 0 Å². The van der Waals surface area contributed by atoms with Crippen molar-refractivity contribution >= 4 is 27.5 Å². The number of rotatable bonds is 10. The first-order valence-corrected chi connectivity index (χ1v) is 13.7. The smallest absolute Gasteiger partial charge is 0.264 e. The summed E-state index contributed by atoms with van der Waals surface area (Å²) in [5.74, 6) is -0.761. The van der Waals surface area contributed by atoms with Gasteiger partial charge in [0.1, 0.15) is 12.6 Å². The van der Waals surface area contributed by atoms with Crippen molar-refractivity contribution in [3.8, 4) is 0 Å². The molecule has 37 heavy (non-hydrogen) atoms. The summed E-state index contributed by atoms with van der Waals surface area (Å²) in [7, 11) is -2.54. The number of nitrogens with zero attached hydrogens (tertiary/aromatic N) is 2. The van der Waals surface area contributed by atoms with Crippen molar-refractivity contribution in [3.05, 3.63) is 95.1 Å². The highest BCUT2D eigenvalue weighted by atomic mass is 32.2. The van der Waals surface area contributed by atoms with E-state index < -0.39 is 28.5 Å². The van der Waals surface area contributed by atoms with Gasteiger partial charge < -0.3 is 10.2 Å². The lowest BCUT2D eigenvalue weighted by Crippen LogP contribution is -2.51. The van der Waals surface area contributed by atoms with Gasteiger partial charge in [-0.15, -0.1) is 0 Å². The summed E-state index contributed by atoms with van der Waals surface area (Å²) in [6, 6.07) is 20.6. The maximum atomic E-state index is 13.9. The Hall–Kier alpha value is -3.65. The summed E-state index contributed by atoms with van der Waals surface area (Å²) < 4.78 is 28.9. The first-order valence-electron chi connectivity index (χ1n) is 12.3. The average molecular weight is 522 g/mol. The van der Waals surface area contributed by atoms with E-state index in [2.05, 4.69) is 5.32 Å². The van der Waals surface area contributed by atoms with Crippen LogP contribution in [-0.4, -0.2) is 44.8 Å². The summed E-state index contributed by atoms with van der Waals surface area (Å²) in [5, 5.41) is 2.64. The first-order chi connectivity index (χ1) is 17.6. The Morgan fingerprint density at radius 1 is 0.892 bits per heavy atom. The van der Waals surface area contributed by atoms with Crippen molar-refractivity contribution in [1.29, 1.82) is 0 Å². The number of anilines is 1. The molecule has 3 rings (SSSR count). The summed E-state index contributed by atoms with van der Waals surface area (Å²) in [4.78, 5) is 28.3. The Bertz CT molecular complexity index is 1350. The van der Waals surface area contributed by atoms with Gasteiger partial charge in [0.05, 0.1) is 10.6 Å². The van der Waals surface area contributed by atoms with E-state index in [1.807, 2.05) is 51.1 Å². The molecule has 3 aromatic rings. The number of nitrogens with one attached hydrogen (secondary N) is 1. The average Bonchev–Trinajstić information content (AvgIpc) is 2.87. The fraction of sp³-hybridized carbons (Fsp3) is 0.310. The van der Waals surface area contributed by atoms with E-state index in [0.717, 1.165) is 26.6 Å². The second kappa shape index (κ2) is 12.1. The highest BCUT2D eigenvalue weighted by molar-refractivity contribution is 7.92. The zero-order chi connectivity index (χ0) is 27.2. The number of amides is 2. The molecule has 0 aliphatic rings. The highest BCUT2D eigenvalue weighted by Gasteiger charge is 2.33. The molecule has 0 bridgehead atoms. The quantitative estimate of drug-likeness (QED) is 0.430. The van der Waals surface area contributed by atoms with E-state index in [1.54, 1.807) is 49.4 Å². The van der Waals surface area contributed by atoms with E-state index in [9.17, 15) is 18.0 Å². The van der Waals surface area contributed by atoms with Crippen LogP contribution in [0.25, 0.3) is 0 Å². The van der Waals surface area contributed by atoms with E-state index in [0.29, 0.717) is 12.1 Å². The van der Waals surface area contributed by atoms with Crippen LogP contribution in [0.2, 0.25) is 0 Å².